The summed E-state index contributed by atoms with van der Waals surface area (Å²) in [6, 6.07) is 17.8. The first-order valence-corrected chi connectivity index (χ1v) is 8.91. The van der Waals surface area contributed by atoms with Crippen molar-refractivity contribution in [1.82, 2.24) is 9.97 Å². The van der Waals surface area contributed by atoms with E-state index < -0.39 is 0 Å². The van der Waals surface area contributed by atoms with Crippen LogP contribution in [0.15, 0.2) is 60.8 Å². The molecule has 0 unspecified atom stereocenters. The number of aromatic nitrogens is 2. The molecule has 0 aliphatic carbocycles. The van der Waals surface area contributed by atoms with Gasteiger partial charge < -0.3 is 20.3 Å². The van der Waals surface area contributed by atoms with E-state index in [9.17, 15) is 0 Å². The number of hydrogen-bond acceptors (Lipinski definition) is 6. The first-order valence-electron chi connectivity index (χ1n) is 8.91. The highest BCUT2D eigenvalue weighted by Gasteiger charge is 2.03. The Bertz CT molecular complexity index is 861. The van der Waals surface area contributed by atoms with Crippen LogP contribution in [0.2, 0.25) is 0 Å². The maximum Gasteiger partial charge on any atom is 0.229 e. The first kappa shape index (κ1) is 18.5. The molecule has 0 saturated carbocycles. The van der Waals surface area contributed by atoms with Gasteiger partial charge in [0.05, 0.1) is 6.10 Å². The molecule has 27 heavy (non-hydrogen) atoms. The minimum absolute atomic E-state index is 0.154. The van der Waals surface area contributed by atoms with Crippen molar-refractivity contribution in [1.29, 1.82) is 0 Å². The van der Waals surface area contributed by atoms with Crippen LogP contribution in [0.3, 0.4) is 0 Å². The highest BCUT2D eigenvalue weighted by Crippen LogP contribution is 2.22. The molecular formula is C21H25N5O. The van der Waals surface area contributed by atoms with Crippen LogP contribution in [0.25, 0.3) is 0 Å². The number of nitrogens with one attached hydrogen (secondary N) is 2. The van der Waals surface area contributed by atoms with Gasteiger partial charge in [-0.1, -0.05) is 0 Å². The Labute approximate surface area is 160 Å². The number of ether oxygens (including phenoxy) is 1. The quantitative estimate of drug-likeness (QED) is 0.628. The molecule has 0 atom stereocenters. The van der Waals surface area contributed by atoms with Crippen LogP contribution in [-0.2, 0) is 0 Å². The van der Waals surface area contributed by atoms with Crippen LogP contribution in [0.1, 0.15) is 13.8 Å². The molecule has 0 amide bonds. The lowest BCUT2D eigenvalue weighted by molar-refractivity contribution is 0.242. The van der Waals surface area contributed by atoms with Gasteiger partial charge in [0.25, 0.3) is 0 Å². The van der Waals surface area contributed by atoms with E-state index in [2.05, 4.69) is 37.6 Å². The summed E-state index contributed by atoms with van der Waals surface area (Å²) in [5, 5.41) is 6.51. The van der Waals surface area contributed by atoms with Crippen LogP contribution in [0.5, 0.6) is 5.75 Å². The molecule has 0 saturated heterocycles. The minimum atomic E-state index is 0.154. The fraction of sp³-hybridized carbons (Fsp3) is 0.238. The van der Waals surface area contributed by atoms with E-state index in [1.807, 2.05) is 70.4 Å². The van der Waals surface area contributed by atoms with Gasteiger partial charge >= 0.3 is 0 Å². The van der Waals surface area contributed by atoms with Crippen molar-refractivity contribution in [3.05, 3.63) is 60.8 Å². The Morgan fingerprint density at radius 3 is 2.11 bits per heavy atom. The van der Waals surface area contributed by atoms with E-state index in [0.717, 1.165) is 28.6 Å². The van der Waals surface area contributed by atoms with Crippen LogP contribution >= 0.6 is 0 Å². The number of benzene rings is 2. The molecule has 0 spiro atoms. The SMILES string of the molecule is CC(C)Oc1ccc(Nc2nccc(Nc3ccc(N(C)C)cc3)n2)cc1. The smallest absolute Gasteiger partial charge is 0.229 e. The zero-order valence-corrected chi connectivity index (χ0v) is 16.1. The van der Waals surface area contributed by atoms with E-state index in [0.29, 0.717) is 5.95 Å². The Morgan fingerprint density at radius 2 is 1.48 bits per heavy atom. The average Bonchev–Trinajstić information content (AvgIpc) is 2.64. The standard InChI is InChI=1S/C21H25N5O/c1-15(2)27-19-11-7-17(8-12-19)24-21-22-14-13-20(25-21)23-16-5-9-18(10-6-16)26(3)4/h5-15H,1-4H3,(H2,22,23,24,25). The van der Waals surface area contributed by atoms with Crippen molar-refractivity contribution >= 4 is 28.8 Å². The van der Waals surface area contributed by atoms with Gasteiger partial charge in [-0.25, -0.2) is 4.98 Å². The van der Waals surface area contributed by atoms with E-state index >= 15 is 0 Å². The van der Waals surface area contributed by atoms with Crippen LogP contribution in [0.4, 0.5) is 28.8 Å². The van der Waals surface area contributed by atoms with Gasteiger partial charge in [0.1, 0.15) is 11.6 Å². The van der Waals surface area contributed by atoms with Crippen molar-refractivity contribution in [2.75, 3.05) is 29.6 Å². The van der Waals surface area contributed by atoms with Crippen molar-refractivity contribution in [3.63, 3.8) is 0 Å². The number of rotatable bonds is 7. The largest absolute Gasteiger partial charge is 0.491 e. The molecule has 0 radical (unpaired) electrons. The van der Waals surface area contributed by atoms with Gasteiger partial charge in [-0.15, -0.1) is 0 Å². The van der Waals surface area contributed by atoms with Gasteiger partial charge in [0, 0.05) is 37.4 Å². The Morgan fingerprint density at radius 1 is 0.852 bits per heavy atom. The van der Waals surface area contributed by atoms with E-state index in [4.69, 9.17) is 4.74 Å². The Balaban J connectivity index is 1.66. The van der Waals surface area contributed by atoms with Crippen LogP contribution in [-0.4, -0.2) is 30.2 Å². The lowest BCUT2D eigenvalue weighted by Gasteiger charge is -2.13. The van der Waals surface area contributed by atoms with E-state index in [1.54, 1.807) is 6.20 Å². The topological polar surface area (TPSA) is 62.3 Å². The molecule has 2 N–H and O–H groups in total. The van der Waals surface area contributed by atoms with Crippen LogP contribution in [0, 0.1) is 0 Å². The van der Waals surface area contributed by atoms with Crippen LogP contribution < -0.4 is 20.3 Å². The summed E-state index contributed by atoms with van der Waals surface area (Å²) < 4.78 is 5.66. The minimum Gasteiger partial charge on any atom is -0.491 e. The second-order valence-electron chi connectivity index (χ2n) is 6.65. The van der Waals surface area contributed by atoms with Crippen molar-refractivity contribution < 1.29 is 4.74 Å². The lowest BCUT2D eigenvalue weighted by Crippen LogP contribution is -2.08. The second-order valence-corrected chi connectivity index (χ2v) is 6.65. The van der Waals surface area contributed by atoms with E-state index in [1.165, 1.54) is 0 Å². The third-order valence-electron chi connectivity index (χ3n) is 3.79. The van der Waals surface area contributed by atoms with Crippen molar-refractivity contribution in [3.8, 4) is 5.75 Å². The summed E-state index contributed by atoms with van der Waals surface area (Å²) in [4.78, 5) is 10.9. The van der Waals surface area contributed by atoms with Gasteiger partial charge in [0.15, 0.2) is 0 Å². The first-order chi connectivity index (χ1) is 13.0. The zero-order valence-electron chi connectivity index (χ0n) is 16.1. The predicted molar refractivity (Wildman–Crippen MR) is 112 cm³/mol. The number of anilines is 5. The lowest BCUT2D eigenvalue weighted by atomic mass is 10.2. The molecule has 6 heteroatoms. The zero-order chi connectivity index (χ0) is 19.2. The average molecular weight is 363 g/mol. The van der Waals surface area contributed by atoms with Gasteiger partial charge in [-0.3, -0.25) is 0 Å². The maximum atomic E-state index is 5.66. The molecule has 0 aliphatic rings. The summed E-state index contributed by atoms with van der Waals surface area (Å²) >= 11 is 0. The molecule has 6 nitrogen and oxygen atoms in total. The molecular weight excluding hydrogens is 338 g/mol. The molecule has 3 aromatic rings. The fourth-order valence-electron chi connectivity index (χ4n) is 2.50. The Kier molecular flexibility index (Phi) is 5.76. The third kappa shape index (κ3) is 5.34. The molecule has 3 rings (SSSR count). The number of hydrogen-bond donors (Lipinski definition) is 2. The Hall–Kier alpha value is -3.28. The second kappa shape index (κ2) is 8.40. The fourth-order valence-corrected chi connectivity index (χ4v) is 2.50. The highest BCUT2D eigenvalue weighted by atomic mass is 16.5. The summed E-state index contributed by atoms with van der Waals surface area (Å²) in [7, 11) is 4.04. The molecule has 0 fully saturated rings. The molecule has 1 heterocycles. The van der Waals surface area contributed by atoms with Gasteiger partial charge in [-0.2, -0.15) is 4.98 Å². The summed E-state index contributed by atoms with van der Waals surface area (Å²) in [6.07, 6.45) is 1.88. The molecule has 2 aromatic carbocycles. The van der Waals surface area contributed by atoms with Gasteiger partial charge in [-0.05, 0) is 68.4 Å². The molecule has 140 valence electrons. The normalized spacial score (nSPS) is 10.6. The van der Waals surface area contributed by atoms with Crippen molar-refractivity contribution in [2.24, 2.45) is 0 Å². The molecule has 0 aliphatic heterocycles. The summed E-state index contributed by atoms with van der Waals surface area (Å²) in [5.74, 6) is 2.10. The molecule has 1 aromatic heterocycles. The number of nitrogens with zero attached hydrogens (tertiary/aromatic N) is 3. The summed E-state index contributed by atoms with van der Waals surface area (Å²) in [5.41, 5.74) is 3.02. The summed E-state index contributed by atoms with van der Waals surface area (Å²) in [6.45, 7) is 4.01. The monoisotopic (exact) mass is 363 g/mol. The van der Waals surface area contributed by atoms with Gasteiger partial charge in [0.2, 0.25) is 5.95 Å². The predicted octanol–water partition coefficient (Wildman–Crippen LogP) is 4.82. The third-order valence-corrected chi connectivity index (χ3v) is 3.79. The molecule has 0 bridgehead atoms. The van der Waals surface area contributed by atoms with E-state index in [-0.39, 0.29) is 6.10 Å². The maximum absolute atomic E-state index is 5.66. The van der Waals surface area contributed by atoms with Crippen molar-refractivity contribution in [2.45, 2.75) is 20.0 Å². The highest BCUT2D eigenvalue weighted by molar-refractivity contribution is 5.62.